The number of carbonyl (C=O) groups is 3. The minimum absolute atomic E-state index is 0.135. The van der Waals surface area contributed by atoms with Gasteiger partial charge in [-0.15, -0.1) is 0 Å². The lowest BCUT2D eigenvalue weighted by atomic mass is 9.78. The van der Waals surface area contributed by atoms with Gasteiger partial charge in [-0.1, -0.05) is 68.2 Å². The zero-order valence-electron chi connectivity index (χ0n) is 36.3. The van der Waals surface area contributed by atoms with E-state index in [-0.39, 0.29) is 37.3 Å². The first-order valence-electron chi connectivity index (χ1n) is 20.5. The summed E-state index contributed by atoms with van der Waals surface area (Å²) in [5.41, 5.74) is -1.80. The molecule has 4 rings (SSSR count). The van der Waals surface area contributed by atoms with Crippen LogP contribution in [0.4, 0.5) is 11.4 Å². The van der Waals surface area contributed by atoms with Crippen LogP contribution in [-0.2, 0) is 39.8 Å². The van der Waals surface area contributed by atoms with Gasteiger partial charge in [0.15, 0.2) is 18.2 Å². The Balaban J connectivity index is 1.69. The van der Waals surface area contributed by atoms with Crippen LogP contribution in [0.25, 0.3) is 0 Å². The Hall–Kier alpha value is -2.85. The van der Waals surface area contributed by atoms with E-state index in [1.807, 2.05) is 43.8 Å². The number of rotatable bonds is 9. The largest absolute Gasteiger partial charge is 0.459 e. The van der Waals surface area contributed by atoms with Crippen molar-refractivity contribution in [2.24, 2.45) is 17.8 Å². The van der Waals surface area contributed by atoms with E-state index >= 15 is 0 Å². The second-order valence-electron chi connectivity index (χ2n) is 17.4. The van der Waals surface area contributed by atoms with Crippen molar-refractivity contribution in [3.8, 4) is 0 Å². The number of aliphatic hydroxyl groups is 3. The number of anilines is 2. The number of para-hydroxylation sites is 2. The van der Waals surface area contributed by atoms with E-state index in [9.17, 15) is 29.7 Å². The second kappa shape index (κ2) is 20.3. The summed E-state index contributed by atoms with van der Waals surface area (Å²) < 4.78 is 25.2. The van der Waals surface area contributed by atoms with Gasteiger partial charge < -0.3 is 49.4 Å². The molecule has 15 heteroatoms. The van der Waals surface area contributed by atoms with E-state index < -0.39 is 77.5 Å². The summed E-state index contributed by atoms with van der Waals surface area (Å²) in [5, 5.41) is 39.4. The Morgan fingerprint density at radius 3 is 2.25 bits per heavy atom. The standard InChI is InChI=1S/C44H65Cl2N3O10/c1-12-34-44(8,55)39(52)28(6)49(11)23-24(2)22-43(7,54)40(26(4)37(51)27(5)41(53)57-34)59-42-38(33(48(9)10)20-25(3)56-42)58-35(50)21-29-16-13-14-19-32(29)47-36-30(45)17-15-18-31(36)46/h13-19,24-28,33-34,38-40,42,47,52,54-55H,12,20-23H2,1-11H3/t24-,25-,26+,27-,28-,33+,34-,38-,39-,40-,42+,43-,44-/m1/s1. The number of esters is 2. The number of halogens is 2. The predicted octanol–water partition coefficient (Wildman–Crippen LogP) is 6.03. The van der Waals surface area contributed by atoms with Crippen LogP contribution in [0, 0.1) is 17.8 Å². The minimum atomic E-state index is -1.83. The zero-order valence-corrected chi connectivity index (χ0v) is 37.8. The average molecular weight is 867 g/mol. The molecule has 0 saturated carbocycles. The van der Waals surface area contributed by atoms with Gasteiger partial charge in [0.1, 0.15) is 23.7 Å². The van der Waals surface area contributed by atoms with Crippen LogP contribution >= 0.6 is 23.2 Å². The highest BCUT2D eigenvalue weighted by molar-refractivity contribution is 6.39. The SMILES string of the molecule is CC[C@H]1OC(=O)[C@H](C)C(=O)[C@H](C)[C@@H](O[C@@H]2O[C@H](C)C[C@H](N(C)C)[C@H]2OC(=O)Cc2ccccc2Nc2c(Cl)cccc2Cl)[C@](C)(O)C[C@@H](C)CN(C)[C@H](C)[C@@H](O)[C@]1(C)O. The Morgan fingerprint density at radius 1 is 1.02 bits per heavy atom. The molecule has 2 aliphatic heterocycles. The number of nitrogens with zero attached hydrogens (tertiary/aromatic N) is 2. The number of likely N-dealkylation sites (N-methyl/N-ethyl adjacent to an activating group) is 2. The number of carbonyl (C=O) groups excluding carboxylic acids is 3. The fourth-order valence-corrected chi connectivity index (χ4v) is 9.08. The molecule has 2 aromatic rings. The first-order valence-corrected chi connectivity index (χ1v) is 21.3. The number of hydrogen-bond acceptors (Lipinski definition) is 13. The van der Waals surface area contributed by atoms with Gasteiger partial charge in [-0.2, -0.15) is 0 Å². The van der Waals surface area contributed by atoms with E-state index in [2.05, 4.69) is 5.32 Å². The van der Waals surface area contributed by atoms with Crippen molar-refractivity contribution in [2.45, 2.75) is 141 Å². The summed E-state index contributed by atoms with van der Waals surface area (Å²) in [6.07, 6.45) is -5.59. The molecular formula is C44H65Cl2N3O10. The Kier molecular flexibility index (Phi) is 16.8. The molecule has 0 spiro atoms. The highest BCUT2D eigenvalue weighted by Gasteiger charge is 2.51. The molecule has 0 aliphatic carbocycles. The smallest absolute Gasteiger partial charge is 0.316 e. The van der Waals surface area contributed by atoms with Crippen molar-refractivity contribution in [2.75, 3.05) is 33.0 Å². The molecule has 0 unspecified atom stereocenters. The van der Waals surface area contributed by atoms with Gasteiger partial charge in [0.25, 0.3) is 0 Å². The molecule has 0 amide bonds. The summed E-state index contributed by atoms with van der Waals surface area (Å²) in [6, 6.07) is 11.4. The number of cyclic esters (lactones) is 1. The predicted molar refractivity (Wildman–Crippen MR) is 228 cm³/mol. The summed E-state index contributed by atoms with van der Waals surface area (Å²) in [5.74, 6) is -4.63. The number of ether oxygens (including phenoxy) is 4. The lowest BCUT2D eigenvalue weighted by Crippen LogP contribution is -2.60. The highest BCUT2D eigenvalue weighted by Crippen LogP contribution is 2.37. The minimum Gasteiger partial charge on any atom is -0.459 e. The van der Waals surface area contributed by atoms with Crippen LogP contribution in [0.5, 0.6) is 0 Å². The van der Waals surface area contributed by atoms with Crippen molar-refractivity contribution < 1.29 is 48.7 Å². The fraction of sp³-hybridized carbons (Fsp3) is 0.659. The number of hydrogen-bond donors (Lipinski definition) is 4. The quantitative estimate of drug-likeness (QED) is 0.171. The van der Waals surface area contributed by atoms with E-state index in [0.717, 1.165) is 0 Å². The molecule has 59 heavy (non-hydrogen) atoms. The van der Waals surface area contributed by atoms with E-state index in [1.165, 1.54) is 13.8 Å². The van der Waals surface area contributed by atoms with Crippen LogP contribution in [0.1, 0.15) is 80.2 Å². The van der Waals surface area contributed by atoms with Crippen molar-refractivity contribution >= 4 is 52.3 Å². The number of nitrogens with one attached hydrogen (secondary N) is 1. The summed E-state index contributed by atoms with van der Waals surface area (Å²) in [7, 11) is 5.54. The molecule has 13 nitrogen and oxygen atoms in total. The monoisotopic (exact) mass is 865 g/mol. The molecule has 2 heterocycles. The number of Topliss-reactive ketones (excluding diaryl/α,β-unsaturated/α-hetero) is 1. The van der Waals surface area contributed by atoms with Crippen molar-refractivity contribution in [1.29, 1.82) is 0 Å². The second-order valence-corrected chi connectivity index (χ2v) is 18.2. The Labute approximate surface area is 359 Å². The normalized spacial score (nSPS) is 35.7. The van der Waals surface area contributed by atoms with Crippen molar-refractivity contribution in [1.82, 2.24) is 9.80 Å². The molecule has 4 N–H and O–H groups in total. The van der Waals surface area contributed by atoms with Crippen LogP contribution in [-0.4, -0.2) is 131 Å². The van der Waals surface area contributed by atoms with Crippen molar-refractivity contribution in [3.05, 3.63) is 58.1 Å². The third-order valence-corrected chi connectivity index (χ3v) is 12.7. The zero-order chi connectivity index (χ0) is 44.1. The first-order chi connectivity index (χ1) is 27.5. The van der Waals surface area contributed by atoms with Crippen LogP contribution in [0.2, 0.25) is 10.0 Å². The molecular weight excluding hydrogens is 801 g/mol. The molecule has 2 aromatic carbocycles. The van der Waals surface area contributed by atoms with Gasteiger partial charge in [0, 0.05) is 24.2 Å². The highest BCUT2D eigenvalue weighted by atomic mass is 35.5. The fourth-order valence-electron chi connectivity index (χ4n) is 8.59. The lowest BCUT2D eigenvalue weighted by molar-refractivity contribution is -0.296. The molecule has 2 aliphatic rings. The van der Waals surface area contributed by atoms with Gasteiger partial charge in [0.2, 0.25) is 0 Å². The first kappa shape index (κ1) is 48.8. The van der Waals surface area contributed by atoms with Crippen LogP contribution in [0.3, 0.4) is 0 Å². The van der Waals surface area contributed by atoms with Crippen molar-refractivity contribution in [3.63, 3.8) is 0 Å². The lowest BCUT2D eigenvalue weighted by Gasteiger charge is -2.46. The van der Waals surface area contributed by atoms with E-state index in [1.54, 1.807) is 71.1 Å². The molecule has 0 aromatic heterocycles. The Bertz CT molecular complexity index is 1740. The summed E-state index contributed by atoms with van der Waals surface area (Å²) in [6.45, 7) is 13.7. The maximum absolute atomic E-state index is 14.3. The topological polar surface area (TPSA) is 167 Å². The molecule has 330 valence electrons. The van der Waals surface area contributed by atoms with Gasteiger partial charge in [-0.05, 0) is 105 Å². The number of benzene rings is 2. The third kappa shape index (κ3) is 11.7. The Morgan fingerprint density at radius 2 is 1.64 bits per heavy atom. The maximum Gasteiger partial charge on any atom is 0.316 e. The van der Waals surface area contributed by atoms with E-state index in [4.69, 9.17) is 42.1 Å². The average Bonchev–Trinajstić information content (AvgIpc) is 3.16. The summed E-state index contributed by atoms with van der Waals surface area (Å²) >= 11 is 12.9. The van der Waals surface area contributed by atoms with Gasteiger partial charge in [-0.3, -0.25) is 14.4 Å². The third-order valence-electron chi connectivity index (χ3n) is 12.1. The number of aliphatic hydroxyl groups excluding tert-OH is 1. The molecule has 13 atom stereocenters. The number of ketones is 1. The van der Waals surface area contributed by atoms with Gasteiger partial charge >= 0.3 is 11.9 Å². The van der Waals surface area contributed by atoms with Crippen LogP contribution in [0.15, 0.2) is 42.5 Å². The van der Waals surface area contributed by atoms with Gasteiger partial charge in [0.05, 0.1) is 46.0 Å². The molecule has 2 fully saturated rings. The van der Waals surface area contributed by atoms with Gasteiger partial charge in [-0.25, -0.2) is 0 Å². The molecule has 0 bridgehead atoms. The molecule has 0 radical (unpaired) electrons. The van der Waals surface area contributed by atoms with E-state index in [0.29, 0.717) is 39.9 Å². The molecule has 2 saturated heterocycles. The maximum atomic E-state index is 14.3. The van der Waals surface area contributed by atoms with Crippen LogP contribution < -0.4 is 5.32 Å². The summed E-state index contributed by atoms with van der Waals surface area (Å²) in [4.78, 5) is 45.7.